The molecular weight excluding hydrogens is 713 g/mol. The standard InChI is InChI=1S/C44H54N4O8/c1-23(2)33-27-19-25(5)35(41(53)37(27)29(39(51)43(33)55)21-45-13-9-17-47-15-7-11-31(47)49)36-26(6)20-28-34(24(3)4)44(56)40(52)30(38(28)42(36)54)22-46-14-10-18-48-16-8-12-32(48)50/h19-24,51-56H,7-18H2,1-6H3. The second-order valence-electron chi connectivity index (χ2n) is 15.8. The summed E-state index contributed by atoms with van der Waals surface area (Å²) in [6, 6.07) is 3.64. The number of likely N-dealkylation sites (tertiary alicyclic amines) is 2. The molecule has 0 spiro atoms. The number of hydrogen-bond acceptors (Lipinski definition) is 10. The Kier molecular flexibility index (Phi) is 11.7. The lowest BCUT2D eigenvalue weighted by molar-refractivity contribution is -0.128. The Balaban J connectivity index is 1.51. The fourth-order valence-electron chi connectivity index (χ4n) is 8.52. The maximum Gasteiger partial charge on any atom is 0.222 e. The molecule has 0 radical (unpaired) electrons. The highest BCUT2D eigenvalue weighted by atomic mass is 16.3. The highest BCUT2D eigenvalue weighted by Gasteiger charge is 2.30. The van der Waals surface area contributed by atoms with Crippen LogP contribution in [-0.2, 0) is 9.59 Å². The van der Waals surface area contributed by atoms with Crippen molar-refractivity contribution < 1.29 is 40.2 Å². The molecule has 0 aromatic heterocycles. The number of fused-ring (bicyclic) bond motifs is 2. The topological polar surface area (TPSA) is 187 Å². The van der Waals surface area contributed by atoms with E-state index in [9.17, 15) is 40.2 Å². The predicted molar refractivity (Wildman–Crippen MR) is 220 cm³/mol. The van der Waals surface area contributed by atoms with Gasteiger partial charge in [0.1, 0.15) is 11.5 Å². The van der Waals surface area contributed by atoms with Crippen LogP contribution in [0, 0.1) is 13.8 Å². The minimum absolute atomic E-state index is 0.115. The van der Waals surface area contributed by atoms with Crippen LogP contribution in [0.5, 0.6) is 34.5 Å². The molecule has 2 heterocycles. The van der Waals surface area contributed by atoms with Crippen molar-refractivity contribution in [3.8, 4) is 45.6 Å². The summed E-state index contributed by atoms with van der Waals surface area (Å²) in [6.45, 7) is 14.4. The van der Waals surface area contributed by atoms with Crippen molar-refractivity contribution in [2.24, 2.45) is 9.98 Å². The van der Waals surface area contributed by atoms with Gasteiger partial charge in [0.05, 0.1) is 0 Å². The highest BCUT2D eigenvalue weighted by molar-refractivity contribution is 6.15. The number of aliphatic imine (C=N–C) groups is 2. The van der Waals surface area contributed by atoms with Gasteiger partial charge in [0.15, 0.2) is 23.0 Å². The Bertz CT molecular complexity index is 2120. The number of aromatic hydroxyl groups is 6. The van der Waals surface area contributed by atoms with E-state index >= 15 is 0 Å². The van der Waals surface area contributed by atoms with Gasteiger partial charge in [-0.15, -0.1) is 0 Å². The monoisotopic (exact) mass is 766 g/mol. The summed E-state index contributed by atoms with van der Waals surface area (Å²) in [7, 11) is 0. The molecule has 0 bridgehead atoms. The van der Waals surface area contributed by atoms with Crippen LogP contribution < -0.4 is 0 Å². The zero-order valence-electron chi connectivity index (χ0n) is 33.2. The number of hydrogen-bond donors (Lipinski definition) is 6. The Morgan fingerprint density at radius 1 is 0.607 bits per heavy atom. The average Bonchev–Trinajstić information content (AvgIpc) is 3.75. The molecule has 2 fully saturated rings. The molecule has 12 heteroatoms. The third-order valence-electron chi connectivity index (χ3n) is 11.2. The molecule has 2 saturated heterocycles. The zero-order valence-corrected chi connectivity index (χ0v) is 33.2. The van der Waals surface area contributed by atoms with Crippen molar-refractivity contribution in [3.63, 3.8) is 0 Å². The molecule has 4 aromatic rings. The van der Waals surface area contributed by atoms with Crippen molar-refractivity contribution in [2.45, 2.75) is 91.9 Å². The number of amides is 2. The van der Waals surface area contributed by atoms with E-state index in [1.54, 1.807) is 13.8 Å². The molecule has 0 atom stereocenters. The van der Waals surface area contributed by atoms with Crippen LogP contribution in [0.25, 0.3) is 32.7 Å². The molecule has 6 N–H and O–H groups in total. The van der Waals surface area contributed by atoms with Crippen molar-refractivity contribution in [1.29, 1.82) is 0 Å². The third kappa shape index (κ3) is 7.29. The first-order chi connectivity index (χ1) is 26.6. The van der Waals surface area contributed by atoms with E-state index in [1.807, 2.05) is 49.6 Å². The molecule has 0 saturated carbocycles. The molecule has 4 aromatic carbocycles. The molecule has 12 nitrogen and oxygen atoms in total. The molecular formula is C44H54N4O8. The third-order valence-corrected chi connectivity index (χ3v) is 11.2. The Morgan fingerprint density at radius 3 is 1.30 bits per heavy atom. The van der Waals surface area contributed by atoms with E-state index in [1.165, 1.54) is 12.4 Å². The number of phenolic OH excluding ortho intramolecular Hbond substituents is 6. The van der Waals surface area contributed by atoms with Crippen molar-refractivity contribution in [1.82, 2.24) is 9.80 Å². The van der Waals surface area contributed by atoms with E-state index in [0.29, 0.717) is 84.9 Å². The van der Waals surface area contributed by atoms with Crippen molar-refractivity contribution >= 4 is 45.8 Å². The van der Waals surface area contributed by atoms with Crippen LogP contribution in [0.1, 0.15) is 111 Å². The Labute approximate surface area is 327 Å². The second kappa shape index (κ2) is 16.3. The molecule has 2 aliphatic rings. The number of carbonyl (C=O) groups is 2. The van der Waals surface area contributed by atoms with Gasteiger partial charge in [-0.1, -0.05) is 39.8 Å². The van der Waals surface area contributed by atoms with Gasteiger partial charge >= 0.3 is 0 Å². The first-order valence-corrected chi connectivity index (χ1v) is 19.7. The van der Waals surface area contributed by atoms with Gasteiger partial charge in [-0.2, -0.15) is 0 Å². The average molecular weight is 767 g/mol. The van der Waals surface area contributed by atoms with Crippen LogP contribution >= 0.6 is 0 Å². The first kappa shape index (κ1) is 40.2. The molecule has 2 amide bonds. The van der Waals surface area contributed by atoms with Crippen LogP contribution in [0.3, 0.4) is 0 Å². The SMILES string of the molecule is Cc1cc2c(C(C)C)c(O)c(O)c(C=NCCCN3CCCC3=O)c2c(O)c1-c1c(C)cc2c(C(C)C)c(O)c(O)c(C=NCCCN3CCCC3=O)c2c1O. The minimum Gasteiger partial charge on any atom is -0.507 e. The first-order valence-electron chi connectivity index (χ1n) is 19.7. The van der Waals surface area contributed by atoms with E-state index < -0.39 is 11.5 Å². The van der Waals surface area contributed by atoms with Gasteiger partial charge in [0, 0.05) is 109 Å². The summed E-state index contributed by atoms with van der Waals surface area (Å²) in [4.78, 5) is 36.8. The van der Waals surface area contributed by atoms with Crippen LogP contribution in [0.2, 0.25) is 0 Å². The fraction of sp³-hybridized carbons (Fsp3) is 0.455. The number of aryl methyl sites for hydroxylation is 2. The van der Waals surface area contributed by atoms with Gasteiger partial charge in [0.25, 0.3) is 0 Å². The van der Waals surface area contributed by atoms with Crippen LogP contribution in [0.15, 0.2) is 22.1 Å². The highest BCUT2D eigenvalue weighted by Crippen LogP contribution is 2.54. The number of nitrogens with zero attached hydrogens (tertiary/aromatic N) is 4. The van der Waals surface area contributed by atoms with Crippen molar-refractivity contribution in [3.05, 3.63) is 45.5 Å². The predicted octanol–water partition coefficient (Wildman–Crippen LogP) is 7.62. The summed E-state index contributed by atoms with van der Waals surface area (Å²) in [5.41, 5.74) is 2.85. The lowest BCUT2D eigenvalue weighted by Crippen LogP contribution is -2.26. The van der Waals surface area contributed by atoms with Crippen LogP contribution in [-0.4, -0.2) is 104 Å². The molecule has 56 heavy (non-hydrogen) atoms. The quantitative estimate of drug-likeness (QED) is 0.0456. The largest absolute Gasteiger partial charge is 0.507 e. The smallest absolute Gasteiger partial charge is 0.222 e. The molecule has 6 rings (SSSR count). The van der Waals surface area contributed by atoms with E-state index in [4.69, 9.17) is 0 Å². The van der Waals surface area contributed by atoms with Gasteiger partial charge in [0.2, 0.25) is 11.8 Å². The van der Waals surface area contributed by atoms with Gasteiger partial charge in [-0.3, -0.25) is 19.6 Å². The molecule has 2 aliphatic heterocycles. The molecule has 298 valence electrons. The summed E-state index contributed by atoms with van der Waals surface area (Å²) in [5, 5.41) is 71.6. The molecule has 0 aliphatic carbocycles. The number of benzene rings is 4. The lowest BCUT2D eigenvalue weighted by Gasteiger charge is -2.23. The zero-order chi connectivity index (χ0) is 40.6. The number of rotatable bonds is 13. The maximum absolute atomic E-state index is 12.3. The summed E-state index contributed by atoms with van der Waals surface area (Å²) >= 11 is 0. The van der Waals surface area contributed by atoms with Gasteiger partial charge in [-0.25, -0.2) is 0 Å². The molecule has 0 unspecified atom stereocenters. The van der Waals surface area contributed by atoms with Gasteiger partial charge < -0.3 is 40.4 Å². The van der Waals surface area contributed by atoms with Crippen molar-refractivity contribution in [2.75, 3.05) is 39.3 Å². The van der Waals surface area contributed by atoms with E-state index in [0.717, 1.165) is 25.9 Å². The Morgan fingerprint density at radius 2 is 0.982 bits per heavy atom. The van der Waals surface area contributed by atoms with Crippen LogP contribution in [0.4, 0.5) is 0 Å². The lowest BCUT2D eigenvalue weighted by atomic mass is 9.83. The van der Waals surface area contributed by atoms with Gasteiger partial charge in [-0.05, 0) is 73.3 Å². The fourth-order valence-corrected chi connectivity index (χ4v) is 8.52. The summed E-state index contributed by atoms with van der Waals surface area (Å²) in [5.74, 6) is -2.17. The second-order valence-corrected chi connectivity index (χ2v) is 15.8. The minimum atomic E-state index is -0.432. The normalized spacial score (nSPS) is 15.2. The Hall–Kier alpha value is -5.52. The number of carbonyl (C=O) groups excluding carboxylic acids is 2. The van der Waals surface area contributed by atoms with E-state index in [-0.39, 0.29) is 79.7 Å². The number of phenols is 6. The summed E-state index contributed by atoms with van der Waals surface area (Å²) in [6.07, 6.45) is 6.86. The summed E-state index contributed by atoms with van der Waals surface area (Å²) < 4.78 is 0. The van der Waals surface area contributed by atoms with E-state index in [2.05, 4.69) is 9.98 Å². The maximum atomic E-state index is 12.3.